The maximum absolute atomic E-state index is 14.3. The zero-order chi connectivity index (χ0) is 25.6. The van der Waals surface area contributed by atoms with Gasteiger partial charge in [0.25, 0.3) is 0 Å². The van der Waals surface area contributed by atoms with Crippen LogP contribution in [0.5, 0.6) is 11.5 Å². The minimum atomic E-state index is -0.618. The largest absolute Gasteiger partial charge is 0.508 e. The van der Waals surface area contributed by atoms with Crippen LogP contribution in [0.25, 0.3) is 17.1 Å². The number of aromatic hydroxyl groups is 2. The molecule has 0 spiro atoms. The third-order valence-electron chi connectivity index (χ3n) is 6.50. The molecule has 186 valence electrons. The molecular formula is C27H26F2N4O2S. The summed E-state index contributed by atoms with van der Waals surface area (Å²) in [4.78, 5) is 2.18. The van der Waals surface area contributed by atoms with Crippen LogP contribution in [0.2, 0.25) is 0 Å². The molecule has 1 aliphatic heterocycles. The molecule has 0 aliphatic carbocycles. The van der Waals surface area contributed by atoms with E-state index in [2.05, 4.69) is 21.2 Å². The summed E-state index contributed by atoms with van der Waals surface area (Å²) in [5.41, 5.74) is 4.12. The van der Waals surface area contributed by atoms with Gasteiger partial charge in [-0.3, -0.25) is 4.57 Å². The number of nitrogens with zero attached hydrogens (tertiary/aromatic N) is 4. The molecule has 0 fully saturated rings. The van der Waals surface area contributed by atoms with E-state index in [0.717, 1.165) is 36.1 Å². The molecule has 0 saturated heterocycles. The molecule has 6 nitrogen and oxygen atoms in total. The molecule has 3 aromatic carbocycles. The van der Waals surface area contributed by atoms with Crippen molar-refractivity contribution in [1.82, 2.24) is 14.8 Å². The van der Waals surface area contributed by atoms with E-state index in [-0.39, 0.29) is 28.7 Å². The number of phenols is 2. The van der Waals surface area contributed by atoms with Crippen LogP contribution >= 0.6 is 11.8 Å². The van der Waals surface area contributed by atoms with Crippen LogP contribution in [0.4, 0.5) is 14.5 Å². The minimum Gasteiger partial charge on any atom is -0.508 e. The van der Waals surface area contributed by atoms with E-state index in [0.29, 0.717) is 22.1 Å². The lowest BCUT2D eigenvalue weighted by molar-refractivity contribution is 0.444. The Kier molecular flexibility index (Phi) is 6.34. The van der Waals surface area contributed by atoms with Crippen molar-refractivity contribution < 1.29 is 19.0 Å². The molecule has 1 aliphatic rings. The molecule has 0 atom stereocenters. The number of hydrogen-bond acceptors (Lipinski definition) is 6. The summed E-state index contributed by atoms with van der Waals surface area (Å²) in [6, 6.07) is 12.8. The molecule has 9 heteroatoms. The summed E-state index contributed by atoms with van der Waals surface area (Å²) in [6.45, 7) is 4.81. The van der Waals surface area contributed by atoms with E-state index in [1.54, 1.807) is 10.6 Å². The lowest BCUT2D eigenvalue weighted by Gasteiger charge is -2.16. The Balaban J connectivity index is 1.64. The SMILES string of the molecule is CC(C)c1cc(-c2nnc(SCc3c(F)cccc3F)n2-c2ccc3c(c2)CCN3C)c(O)cc1O. The smallest absolute Gasteiger partial charge is 0.196 e. The summed E-state index contributed by atoms with van der Waals surface area (Å²) in [5, 5.41) is 30.2. The number of hydrogen-bond donors (Lipinski definition) is 2. The van der Waals surface area contributed by atoms with E-state index in [1.807, 2.05) is 33.0 Å². The fraction of sp³-hybridized carbons (Fsp3) is 0.259. The summed E-state index contributed by atoms with van der Waals surface area (Å²) in [6.07, 6.45) is 0.891. The first-order valence-corrected chi connectivity index (χ1v) is 12.6. The van der Waals surface area contributed by atoms with Gasteiger partial charge in [-0.2, -0.15) is 0 Å². The maximum atomic E-state index is 14.3. The van der Waals surface area contributed by atoms with Crippen LogP contribution in [-0.4, -0.2) is 38.6 Å². The number of aromatic nitrogens is 3. The monoisotopic (exact) mass is 508 g/mol. The van der Waals surface area contributed by atoms with Crippen molar-refractivity contribution in [1.29, 1.82) is 0 Å². The second kappa shape index (κ2) is 9.46. The van der Waals surface area contributed by atoms with Crippen molar-refractivity contribution in [3.05, 3.63) is 76.9 Å². The third kappa shape index (κ3) is 4.28. The Labute approximate surface area is 212 Å². The molecule has 2 N–H and O–H groups in total. The standard InChI is InChI=1S/C27H26F2N4O2S/c1-15(2)18-12-19(25(35)13-24(18)34)26-30-31-27(36-14-20-21(28)5-4-6-22(20)29)33(26)17-7-8-23-16(11-17)9-10-32(23)3/h4-8,11-13,15,34-35H,9-10,14H2,1-3H3. The van der Waals surface area contributed by atoms with E-state index >= 15 is 0 Å². The number of rotatable bonds is 6. The molecule has 0 bridgehead atoms. The Morgan fingerprint density at radius 2 is 1.75 bits per heavy atom. The van der Waals surface area contributed by atoms with Gasteiger partial charge < -0.3 is 15.1 Å². The van der Waals surface area contributed by atoms with Gasteiger partial charge in [0.15, 0.2) is 11.0 Å². The number of benzene rings is 3. The minimum absolute atomic E-state index is 0.00232. The van der Waals surface area contributed by atoms with Crippen LogP contribution in [0, 0.1) is 11.6 Å². The van der Waals surface area contributed by atoms with Gasteiger partial charge in [0.05, 0.1) is 11.3 Å². The van der Waals surface area contributed by atoms with Crippen molar-refractivity contribution in [3.63, 3.8) is 0 Å². The predicted octanol–water partition coefficient (Wildman–Crippen LogP) is 6.03. The van der Waals surface area contributed by atoms with Crippen molar-refractivity contribution in [2.75, 3.05) is 18.5 Å². The Morgan fingerprint density at radius 3 is 2.47 bits per heavy atom. The Bertz CT molecular complexity index is 1430. The summed E-state index contributed by atoms with van der Waals surface area (Å²) < 4.78 is 30.4. The number of fused-ring (bicyclic) bond motifs is 1. The van der Waals surface area contributed by atoms with Gasteiger partial charge >= 0.3 is 0 Å². The molecule has 0 amide bonds. The van der Waals surface area contributed by atoms with Gasteiger partial charge in [-0.25, -0.2) is 8.78 Å². The lowest BCUT2D eigenvalue weighted by Crippen LogP contribution is -2.12. The topological polar surface area (TPSA) is 74.4 Å². The summed E-state index contributed by atoms with van der Waals surface area (Å²) >= 11 is 1.16. The van der Waals surface area contributed by atoms with Gasteiger partial charge in [-0.1, -0.05) is 31.7 Å². The first kappa shape index (κ1) is 24.1. The van der Waals surface area contributed by atoms with Crippen LogP contribution in [0.1, 0.15) is 36.5 Å². The number of likely N-dealkylation sites (N-methyl/N-ethyl adjacent to an activating group) is 1. The van der Waals surface area contributed by atoms with Crippen molar-refractivity contribution in [3.8, 4) is 28.6 Å². The molecule has 36 heavy (non-hydrogen) atoms. The molecular weight excluding hydrogens is 482 g/mol. The maximum Gasteiger partial charge on any atom is 0.196 e. The molecule has 4 aromatic rings. The highest BCUT2D eigenvalue weighted by molar-refractivity contribution is 7.98. The first-order valence-electron chi connectivity index (χ1n) is 11.7. The quantitative estimate of drug-likeness (QED) is 0.310. The number of anilines is 1. The van der Waals surface area contributed by atoms with Gasteiger partial charge in [0.1, 0.15) is 23.1 Å². The third-order valence-corrected chi connectivity index (χ3v) is 7.45. The van der Waals surface area contributed by atoms with E-state index in [9.17, 15) is 19.0 Å². The van der Waals surface area contributed by atoms with E-state index < -0.39 is 11.6 Å². The molecule has 5 rings (SSSR count). The molecule has 1 aromatic heterocycles. The molecule has 0 unspecified atom stereocenters. The van der Waals surface area contributed by atoms with Crippen LogP contribution in [0.3, 0.4) is 0 Å². The highest BCUT2D eigenvalue weighted by Crippen LogP contribution is 2.40. The van der Waals surface area contributed by atoms with Gasteiger partial charge in [-0.05, 0) is 59.9 Å². The lowest BCUT2D eigenvalue weighted by atomic mass is 9.98. The highest BCUT2D eigenvalue weighted by Gasteiger charge is 2.24. The van der Waals surface area contributed by atoms with E-state index in [4.69, 9.17) is 0 Å². The van der Waals surface area contributed by atoms with Gasteiger partial charge in [0, 0.05) is 36.7 Å². The van der Waals surface area contributed by atoms with E-state index in [1.165, 1.54) is 29.8 Å². The average Bonchev–Trinajstić information content (AvgIpc) is 3.42. The number of halogens is 2. The Morgan fingerprint density at radius 1 is 1.00 bits per heavy atom. The average molecular weight is 509 g/mol. The summed E-state index contributed by atoms with van der Waals surface area (Å²) in [5.74, 6) is -0.973. The predicted molar refractivity (Wildman–Crippen MR) is 137 cm³/mol. The van der Waals surface area contributed by atoms with Gasteiger partial charge in [0.2, 0.25) is 0 Å². The first-order chi connectivity index (χ1) is 17.2. The number of phenolic OH excluding ortho intramolecular Hbond substituents is 2. The number of thioether (sulfide) groups is 1. The molecule has 2 heterocycles. The zero-order valence-electron chi connectivity index (χ0n) is 20.2. The second-order valence-electron chi connectivity index (χ2n) is 9.20. The van der Waals surface area contributed by atoms with Gasteiger partial charge in [-0.15, -0.1) is 10.2 Å². The van der Waals surface area contributed by atoms with Crippen LogP contribution in [-0.2, 0) is 12.2 Å². The van der Waals surface area contributed by atoms with Crippen molar-refractivity contribution in [2.24, 2.45) is 0 Å². The van der Waals surface area contributed by atoms with Crippen molar-refractivity contribution >= 4 is 17.4 Å². The fourth-order valence-corrected chi connectivity index (χ4v) is 5.47. The normalized spacial score (nSPS) is 13.0. The van der Waals surface area contributed by atoms with Crippen LogP contribution < -0.4 is 4.90 Å². The Hall–Kier alpha value is -3.59. The molecule has 0 radical (unpaired) electrons. The van der Waals surface area contributed by atoms with Crippen molar-refractivity contribution in [2.45, 2.75) is 37.1 Å². The highest BCUT2D eigenvalue weighted by atomic mass is 32.2. The van der Waals surface area contributed by atoms with Crippen LogP contribution in [0.15, 0.2) is 53.7 Å². The second-order valence-corrected chi connectivity index (χ2v) is 10.1. The fourth-order valence-electron chi connectivity index (χ4n) is 4.51. The molecule has 0 saturated carbocycles. The summed E-state index contributed by atoms with van der Waals surface area (Å²) in [7, 11) is 2.04. The zero-order valence-corrected chi connectivity index (χ0v) is 21.0.